The minimum absolute atomic E-state index is 0.282. The van der Waals surface area contributed by atoms with Gasteiger partial charge in [-0.25, -0.2) is 5.43 Å². The van der Waals surface area contributed by atoms with Crippen molar-refractivity contribution >= 4 is 23.7 Å². The van der Waals surface area contributed by atoms with Gasteiger partial charge in [0.1, 0.15) is 0 Å². The van der Waals surface area contributed by atoms with Crippen molar-refractivity contribution in [3.8, 4) is 0 Å². The zero-order valence-electron chi connectivity index (χ0n) is 12.3. The molecule has 0 aromatic heterocycles. The number of nitrogens with zero attached hydrogens (tertiary/aromatic N) is 1. The molecule has 21 heavy (non-hydrogen) atoms. The lowest BCUT2D eigenvalue weighted by Crippen LogP contribution is -2.17. The Morgan fingerprint density at radius 2 is 1.81 bits per heavy atom. The third-order valence-electron chi connectivity index (χ3n) is 3.34. The average Bonchev–Trinajstić information content (AvgIpc) is 2.44. The van der Waals surface area contributed by atoms with Gasteiger partial charge in [-0.15, -0.1) is 0 Å². The molecule has 4 heteroatoms. The fraction of sp³-hybridized carbons (Fsp3) is 0.176. The highest BCUT2D eigenvalue weighted by molar-refractivity contribution is 6.30. The Hall–Kier alpha value is -2.13. The smallest absolute Gasteiger partial charge is 0.267 e. The lowest BCUT2D eigenvalue weighted by Gasteiger charge is -2.05. The highest BCUT2D eigenvalue weighted by Gasteiger charge is 2.04. The molecule has 0 fully saturated rings. The van der Waals surface area contributed by atoms with Crippen LogP contribution < -0.4 is 5.43 Å². The van der Waals surface area contributed by atoms with Crippen LogP contribution >= 0.6 is 11.6 Å². The minimum atomic E-state index is -0.282. The summed E-state index contributed by atoms with van der Waals surface area (Å²) in [5.41, 5.74) is 7.55. The van der Waals surface area contributed by atoms with Gasteiger partial charge < -0.3 is 0 Å². The number of halogens is 1. The number of hydrazone groups is 1. The molecule has 0 heterocycles. The Labute approximate surface area is 129 Å². The second-order valence-electron chi connectivity index (χ2n) is 5.00. The van der Waals surface area contributed by atoms with E-state index in [0.717, 1.165) is 11.1 Å². The standard InChI is InChI=1S/C17H17ClN2O/c1-11-7-13(3)15(8-12(11)2)10-19-20-17(21)14-5-4-6-16(18)9-14/h4-10H,1-3H3,(H,20,21)/b19-10-. The van der Waals surface area contributed by atoms with Gasteiger partial charge in [0.05, 0.1) is 6.21 Å². The van der Waals surface area contributed by atoms with Crippen molar-refractivity contribution in [2.45, 2.75) is 20.8 Å². The highest BCUT2D eigenvalue weighted by Crippen LogP contribution is 2.13. The van der Waals surface area contributed by atoms with Crippen LogP contribution in [0.2, 0.25) is 5.02 Å². The van der Waals surface area contributed by atoms with E-state index in [1.165, 1.54) is 11.1 Å². The van der Waals surface area contributed by atoms with Crippen molar-refractivity contribution in [1.29, 1.82) is 0 Å². The lowest BCUT2D eigenvalue weighted by molar-refractivity contribution is 0.0955. The molecule has 0 radical (unpaired) electrons. The maximum absolute atomic E-state index is 11.9. The second-order valence-corrected chi connectivity index (χ2v) is 5.44. The molecule has 2 aromatic rings. The summed E-state index contributed by atoms with van der Waals surface area (Å²) < 4.78 is 0. The molecule has 0 bridgehead atoms. The molecule has 0 aliphatic rings. The van der Waals surface area contributed by atoms with Gasteiger partial charge in [0.2, 0.25) is 0 Å². The van der Waals surface area contributed by atoms with Gasteiger partial charge in [0.25, 0.3) is 5.91 Å². The maximum Gasteiger partial charge on any atom is 0.271 e. The van der Waals surface area contributed by atoms with Crippen LogP contribution in [0.3, 0.4) is 0 Å². The van der Waals surface area contributed by atoms with Gasteiger partial charge in [0.15, 0.2) is 0 Å². The van der Waals surface area contributed by atoms with E-state index < -0.39 is 0 Å². The van der Waals surface area contributed by atoms with E-state index in [-0.39, 0.29) is 5.91 Å². The summed E-state index contributed by atoms with van der Waals surface area (Å²) in [4.78, 5) is 11.9. The predicted octanol–water partition coefficient (Wildman–Crippen LogP) is 4.03. The molecule has 1 N–H and O–H groups in total. The van der Waals surface area contributed by atoms with E-state index in [0.29, 0.717) is 10.6 Å². The van der Waals surface area contributed by atoms with E-state index in [1.807, 2.05) is 6.92 Å². The van der Waals surface area contributed by atoms with Gasteiger partial charge in [0, 0.05) is 10.6 Å². The van der Waals surface area contributed by atoms with Crippen LogP contribution in [0.25, 0.3) is 0 Å². The van der Waals surface area contributed by atoms with Crippen molar-refractivity contribution in [1.82, 2.24) is 5.43 Å². The zero-order valence-corrected chi connectivity index (χ0v) is 13.0. The molecule has 2 aromatic carbocycles. The number of hydrogen-bond acceptors (Lipinski definition) is 2. The monoisotopic (exact) mass is 300 g/mol. The maximum atomic E-state index is 11.9. The molecule has 0 spiro atoms. The van der Waals surface area contributed by atoms with Crippen LogP contribution in [0.1, 0.15) is 32.6 Å². The van der Waals surface area contributed by atoms with Crippen molar-refractivity contribution in [2.75, 3.05) is 0 Å². The topological polar surface area (TPSA) is 41.5 Å². The van der Waals surface area contributed by atoms with Crippen molar-refractivity contribution in [3.63, 3.8) is 0 Å². The van der Waals surface area contributed by atoms with Gasteiger partial charge in [-0.05, 0) is 67.3 Å². The summed E-state index contributed by atoms with van der Waals surface area (Å²) in [5.74, 6) is -0.282. The number of carbonyl (C=O) groups excluding carboxylic acids is 1. The molecule has 0 saturated heterocycles. The Bertz CT molecular complexity index is 708. The summed E-state index contributed by atoms with van der Waals surface area (Å²) in [7, 11) is 0. The molecule has 0 saturated carbocycles. The number of hydrogen-bond donors (Lipinski definition) is 1. The number of aryl methyl sites for hydroxylation is 3. The molecular formula is C17H17ClN2O. The Morgan fingerprint density at radius 3 is 2.52 bits per heavy atom. The van der Waals surface area contributed by atoms with Crippen molar-refractivity contribution in [3.05, 3.63) is 69.2 Å². The van der Waals surface area contributed by atoms with Crippen molar-refractivity contribution < 1.29 is 4.79 Å². The van der Waals surface area contributed by atoms with Crippen LogP contribution in [-0.2, 0) is 0 Å². The summed E-state index contributed by atoms with van der Waals surface area (Å²) in [6, 6.07) is 10.9. The molecule has 1 amide bonds. The number of nitrogens with one attached hydrogen (secondary N) is 1. The summed E-state index contributed by atoms with van der Waals surface area (Å²) >= 11 is 5.85. The van der Waals surface area contributed by atoms with Crippen LogP contribution in [0, 0.1) is 20.8 Å². The zero-order chi connectivity index (χ0) is 15.4. The Kier molecular flexibility index (Phi) is 4.76. The molecule has 3 nitrogen and oxygen atoms in total. The molecule has 0 unspecified atom stereocenters. The Balaban J connectivity index is 2.09. The van der Waals surface area contributed by atoms with Crippen LogP contribution in [0.4, 0.5) is 0 Å². The van der Waals surface area contributed by atoms with E-state index in [9.17, 15) is 4.79 Å². The SMILES string of the molecule is Cc1cc(C)c(/C=N\NC(=O)c2cccc(Cl)c2)cc1C. The molecule has 2 rings (SSSR count). The molecule has 0 aliphatic heterocycles. The van der Waals surface area contributed by atoms with Crippen molar-refractivity contribution in [2.24, 2.45) is 5.10 Å². The number of rotatable bonds is 3. The summed E-state index contributed by atoms with van der Waals surface area (Å²) in [5, 5.41) is 4.54. The van der Waals surface area contributed by atoms with Gasteiger partial charge >= 0.3 is 0 Å². The lowest BCUT2D eigenvalue weighted by atomic mass is 10.0. The van der Waals surface area contributed by atoms with Gasteiger partial charge in [-0.3, -0.25) is 4.79 Å². The number of benzene rings is 2. The molecule has 108 valence electrons. The van der Waals surface area contributed by atoms with E-state index in [4.69, 9.17) is 11.6 Å². The average molecular weight is 301 g/mol. The first-order chi connectivity index (χ1) is 9.97. The first-order valence-electron chi connectivity index (χ1n) is 6.64. The van der Waals surface area contributed by atoms with Gasteiger partial charge in [-0.2, -0.15) is 5.10 Å². The summed E-state index contributed by atoms with van der Waals surface area (Å²) in [6.07, 6.45) is 1.66. The molecule has 0 atom stereocenters. The summed E-state index contributed by atoms with van der Waals surface area (Å²) in [6.45, 7) is 6.15. The molecule has 0 aliphatic carbocycles. The molecular weight excluding hydrogens is 284 g/mol. The fourth-order valence-corrected chi connectivity index (χ4v) is 2.17. The minimum Gasteiger partial charge on any atom is -0.267 e. The fourth-order valence-electron chi connectivity index (χ4n) is 1.98. The van der Waals surface area contributed by atoms with Gasteiger partial charge in [-0.1, -0.05) is 23.7 Å². The van der Waals surface area contributed by atoms with E-state index in [2.05, 4.69) is 36.5 Å². The Morgan fingerprint density at radius 1 is 1.10 bits per heavy atom. The quantitative estimate of drug-likeness (QED) is 0.675. The number of amides is 1. The first-order valence-corrected chi connectivity index (χ1v) is 7.02. The van der Waals surface area contributed by atoms with E-state index >= 15 is 0 Å². The normalized spacial score (nSPS) is 10.9. The van der Waals surface area contributed by atoms with E-state index in [1.54, 1.807) is 30.5 Å². The van der Waals surface area contributed by atoms with Crippen LogP contribution in [0.15, 0.2) is 41.5 Å². The first kappa shape index (κ1) is 15.3. The van der Waals surface area contributed by atoms with Crippen LogP contribution in [-0.4, -0.2) is 12.1 Å². The third kappa shape index (κ3) is 3.92. The highest BCUT2D eigenvalue weighted by atomic mass is 35.5. The van der Waals surface area contributed by atoms with Crippen LogP contribution in [0.5, 0.6) is 0 Å². The second kappa shape index (κ2) is 6.55. The predicted molar refractivity (Wildman–Crippen MR) is 87.2 cm³/mol. The largest absolute Gasteiger partial charge is 0.271 e. The number of carbonyl (C=O) groups is 1. The third-order valence-corrected chi connectivity index (χ3v) is 3.57.